The van der Waals surface area contributed by atoms with E-state index >= 15 is 0 Å². The number of nitrogens with one attached hydrogen (secondary N) is 1. The van der Waals surface area contributed by atoms with Crippen molar-refractivity contribution in [1.29, 1.82) is 0 Å². The molecule has 1 saturated carbocycles. The number of amides is 1. The Balaban J connectivity index is 1.72. The lowest BCUT2D eigenvalue weighted by molar-refractivity contribution is -0.126. The Labute approximate surface area is 123 Å². The van der Waals surface area contributed by atoms with Gasteiger partial charge in [-0.1, -0.05) is 6.92 Å². The molecule has 1 aliphatic carbocycles. The van der Waals surface area contributed by atoms with Crippen molar-refractivity contribution in [3.63, 3.8) is 0 Å². The van der Waals surface area contributed by atoms with E-state index in [1.165, 1.54) is 23.9 Å². The monoisotopic (exact) mass is 297 g/mol. The van der Waals surface area contributed by atoms with Gasteiger partial charge in [-0.2, -0.15) is 0 Å². The summed E-state index contributed by atoms with van der Waals surface area (Å²) < 4.78 is 12.8. The Hall–Kier alpha value is -1.07. The van der Waals surface area contributed by atoms with Gasteiger partial charge in [0.2, 0.25) is 5.91 Å². The van der Waals surface area contributed by atoms with Gasteiger partial charge in [0.1, 0.15) is 5.82 Å². The van der Waals surface area contributed by atoms with E-state index in [9.17, 15) is 14.3 Å². The molecule has 0 aliphatic heterocycles. The fourth-order valence-corrected chi connectivity index (χ4v) is 2.94. The van der Waals surface area contributed by atoms with E-state index in [-0.39, 0.29) is 17.6 Å². The molecule has 0 bridgehead atoms. The maximum atomic E-state index is 12.8. The van der Waals surface area contributed by atoms with Gasteiger partial charge in [0.25, 0.3) is 0 Å². The summed E-state index contributed by atoms with van der Waals surface area (Å²) in [6.07, 6.45) is 2.57. The number of aliphatic hydroxyl groups is 1. The summed E-state index contributed by atoms with van der Waals surface area (Å²) >= 11 is 1.53. The van der Waals surface area contributed by atoms with Crippen molar-refractivity contribution in [3.8, 4) is 0 Å². The van der Waals surface area contributed by atoms with Crippen molar-refractivity contribution in [2.45, 2.75) is 36.7 Å². The molecule has 0 saturated heterocycles. The SMILES string of the molecule is CC(CSc1ccc(F)cc1)C(=O)NCC1(O)CCC1. The predicted molar refractivity (Wildman–Crippen MR) is 78.1 cm³/mol. The van der Waals surface area contributed by atoms with Crippen LogP contribution in [0.25, 0.3) is 0 Å². The lowest BCUT2D eigenvalue weighted by atomic mass is 9.80. The number of benzene rings is 1. The molecule has 110 valence electrons. The van der Waals surface area contributed by atoms with Crippen molar-refractivity contribution < 1.29 is 14.3 Å². The molecule has 0 spiro atoms. The van der Waals surface area contributed by atoms with E-state index in [0.29, 0.717) is 12.3 Å². The van der Waals surface area contributed by atoms with Crippen molar-refractivity contribution in [2.24, 2.45) is 5.92 Å². The summed E-state index contributed by atoms with van der Waals surface area (Å²) in [6, 6.07) is 6.25. The Morgan fingerprint density at radius 1 is 1.45 bits per heavy atom. The Bertz CT molecular complexity index is 459. The standard InChI is InChI=1S/C15H20FNO2S/c1-11(9-20-13-5-3-12(16)4-6-13)14(18)17-10-15(19)7-2-8-15/h3-6,11,19H,2,7-10H2,1H3,(H,17,18). The molecule has 1 aliphatic rings. The van der Waals surface area contributed by atoms with Crippen molar-refractivity contribution in [2.75, 3.05) is 12.3 Å². The molecule has 5 heteroatoms. The van der Waals surface area contributed by atoms with Gasteiger partial charge >= 0.3 is 0 Å². The summed E-state index contributed by atoms with van der Waals surface area (Å²) in [5, 5.41) is 12.7. The minimum absolute atomic E-state index is 0.0417. The third-order valence-electron chi connectivity index (χ3n) is 3.64. The lowest BCUT2D eigenvalue weighted by Gasteiger charge is -2.36. The molecule has 1 amide bonds. The minimum atomic E-state index is -0.681. The van der Waals surface area contributed by atoms with Crippen molar-refractivity contribution in [3.05, 3.63) is 30.1 Å². The molecular formula is C15H20FNO2S. The number of halogens is 1. The van der Waals surface area contributed by atoms with Gasteiger partial charge in [-0.15, -0.1) is 11.8 Å². The van der Waals surface area contributed by atoms with Gasteiger partial charge in [-0.25, -0.2) is 4.39 Å². The first-order valence-corrected chi connectivity index (χ1v) is 7.85. The molecule has 0 radical (unpaired) electrons. The zero-order valence-corrected chi connectivity index (χ0v) is 12.4. The predicted octanol–water partition coefficient (Wildman–Crippen LogP) is 2.59. The van der Waals surface area contributed by atoms with Crippen LogP contribution in [0.5, 0.6) is 0 Å². The van der Waals surface area contributed by atoms with Crippen LogP contribution >= 0.6 is 11.8 Å². The molecule has 20 heavy (non-hydrogen) atoms. The van der Waals surface area contributed by atoms with Crippen LogP contribution in [0, 0.1) is 11.7 Å². The Kier molecular flexibility index (Phi) is 5.05. The molecule has 0 heterocycles. The quantitative estimate of drug-likeness (QED) is 0.794. The second kappa shape index (κ2) is 6.59. The third kappa shape index (κ3) is 4.21. The van der Waals surface area contributed by atoms with Gasteiger partial charge in [-0.05, 0) is 43.5 Å². The molecule has 1 aromatic carbocycles. The molecule has 3 nitrogen and oxygen atoms in total. The van der Waals surface area contributed by atoms with Crippen LogP contribution < -0.4 is 5.32 Å². The molecule has 2 rings (SSSR count). The normalized spacial score (nSPS) is 18.1. The first kappa shape index (κ1) is 15.3. The Morgan fingerprint density at radius 2 is 2.10 bits per heavy atom. The van der Waals surface area contributed by atoms with Gasteiger partial charge in [0.15, 0.2) is 0 Å². The van der Waals surface area contributed by atoms with Crippen LogP contribution in [0.4, 0.5) is 4.39 Å². The molecule has 0 aromatic heterocycles. The maximum Gasteiger partial charge on any atom is 0.223 e. The molecule has 1 unspecified atom stereocenters. The number of hydrogen-bond acceptors (Lipinski definition) is 3. The molecular weight excluding hydrogens is 277 g/mol. The second-order valence-corrected chi connectivity index (χ2v) is 6.56. The second-order valence-electron chi connectivity index (χ2n) is 5.46. The number of carbonyl (C=O) groups is 1. The highest BCUT2D eigenvalue weighted by Gasteiger charge is 2.34. The molecule has 2 N–H and O–H groups in total. The van der Waals surface area contributed by atoms with E-state index in [2.05, 4.69) is 5.32 Å². The van der Waals surface area contributed by atoms with Crippen LogP contribution in [-0.2, 0) is 4.79 Å². The van der Waals surface area contributed by atoms with Crippen LogP contribution in [0.15, 0.2) is 29.2 Å². The fourth-order valence-electron chi connectivity index (χ4n) is 2.02. The maximum absolute atomic E-state index is 12.8. The van der Waals surface area contributed by atoms with Crippen LogP contribution in [-0.4, -0.2) is 28.9 Å². The highest BCUT2D eigenvalue weighted by molar-refractivity contribution is 7.99. The molecule has 1 aromatic rings. The van der Waals surface area contributed by atoms with E-state index in [1.54, 1.807) is 12.1 Å². The number of carbonyl (C=O) groups excluding carboxylic acids is 1. The van der Waals surface area contributed by atoms with Gasteiger partial charge in [-0.3, -0.25) is 4.79 Å². The summed E-state index contributed by atoms with van der Waals surface area (Å²) in [5.41, 5.74) is -0.681. The largest absolute Gasteiger partial charge is 0.388 e. The average Bonchev–Trinajstić information content (AvgIpc) is 2.41. The fraction of sp³-hybridized carbons (Fsp3) is 0.533. The number of hydrogen-bond donors (Lipinski definition) is 2. The van der Waals surface area contributed by atoms with Crippen LogP contribution in [0.3, 0.4) is 0 Å². The van der Waals surface area contributed by atoms with E-state index in [0.717, 1.165) is 24.2 Å². The zero-order chi connectivity index (χ0) is 14.6. The Morgan fingerprint density at radius 3 is 2.65 bits per heavy atom. The smallest absolute Gasteiger partial charge is 0.223 e. The first-order chi connectivity index (χ1) is 9.48. The van der Waals surface area contributed by atoms with Crippen LogP contribution in [0.2, 0.25) is 0 Å². The lowest BCUT2D eigenvalue weighted by Crippen LogP contribution is -2.48. The van der Waals surface area contributed by atoms with E-state index in [1.807, 2.05) is 6.92 Å². The third-order valence-corrected chi connectivity index (χ3v) is 4.91. The summed E-state index contributed by atoms with van der Waals surface area (Å²) in [7, 11) is 0. The topological polar surface area (TPSA) is 49.3 Å². The van der Waals surface area contributed by atoms with Crippen molar-refractivity contribution in [1.82, 2.24) is 5.32 Å². The highest BCUT2D eigenvalue weighted by atomic mass is 32.2. The first-order valence-electron chi connectivity index (χ1n) is 6.87. The van der Waals surface area contributed by atoms with Gasteiger partial charge in [0, 0.05) is 23.1 Å². The van der Waals surface area contributed by atoms with E-state index in [4.69, 9.17) is 0 Å². The molecule has 1 fully saturated rings. The van der Waals surface area contributed by atoms with Crippen molar-refractivity contribution >= 4 is 17.7 Å². The minimum Gasteiger partial charge on any atom is -0.388 e. The number of thioether (sulfide) groups is 1. The molecule has 1 atom stereocenters. The summed E-state index contributed by atoms with van der Waals surface area (Å²) in [6.45, 7) is 2.20. The van der Waals surface area contributed by atoms with Gasteiger partial charge in [0.05, 0.1) is 5.60 Å². The summed E-state index contributed by atoms with van der Waals surface area (Å²) in [4.78, 5) is 12.9. The van der Waals surface area contributed by atoms with Crippen LogP contribution in [0.1, 0.15) is 26.2 Å². The van der Waals surface area contributed by atoms with Gasteiger partial charge < -0.3 is 10.4 Å². The van der Waals surface area contributed by atoms with E-state index < -0.39 is 5.60 Å². The highest BCUT2D eigenvalue weighted by Crippen LogP contribution is 2.30. The average molecular weight is 297 g/mol. The zero-order valence-electron chi connectivity index (χ0n) is 11.6. The number of rotatable bonds is 6. The summed E-state index contributed by atoms with van der Waals surface area (Å²) in [5.74, 6) is 0.193.